The van der Waals surface area contributed by atoms with Crippen LogP contribution in [0.25, 0.3) is 0 Å². The Hall–Kier alpha value is -2.61. The highest BCUT2D eigenvalue weighted by Crippen LogP contribution is 2.23. The van der Waals surface area contributed by atoms with E-state index in [0.717, 1.165) is 28.6 Å². The van der Waals surface area contributed by atoms with Crippen LogP contribution in [0.5, 0.6) is 0 Å². The van der Waals surface area contributed by atoms with Crippen molar-refractivity contribution in [1.29, 1.82) is 0 Å². The lowest BCUT2D eigenvalue weighted by Gasteiger charge is -2.11. The van der Waals surface area contributed by atoms with Crippen LogP contribution in [0.2, 0.25) is 0 Å². The van der Waals surface area contributed by atoms with E-state index >= 15 is 0 Å². The molecule has 0 saturated heterocycles. The maximum atomic E-state index is 12.2. The number of hydrogen-bond donors (Lipinski definition) is 2. The maximum Gasteiger partial charge on any atom is 0.346 e. The molecule has 1 aromatic carbocycles. The highest BCUT2D eigenvalue weighted by atomic mass is 32.2. The van der Waals surface area contributed by atoms with E-state index in [1.54, 1.807) is 6.92 Å². The summed E-state index contributed by atoms with van der Waals surface area (Å²) in [5.41, 5.74) is 2.72. The topological polar surface area (TPSA) is 101 Å². The van der Waals surface area contributed by atoms with E-state index in [2.05, 4.69) is 15.3 Å². The Balaban J connectivity index is 2.15. The SMILES string of the molecule is COC(=O)c1c(SCC(=O)Nc2cccc(C)c2C)nc(=O)[nH]c1C. The van der Waals surface area contributed by atoms with E-state index in [1.165, 1.54) is 7.11 Å². The number of hydrogen-bond acceptors (Lipinski definition) is 6. The molecule has 0 spiro atoms. The van der Waals surface area contributed by atoms with Crippen molar-refractivity contribution in [2.45, 2.75) is 25.8 Å². The van der Waals surface area contributed by atoms with Gasteiger partial charge in [-0.15, -0.1) is 0 Å². The molecule has 0 bridgehead atoms. The molecule has 132 valence electrons. The fourth-order valence-electron chi connectivity index (χ4n) is 2.21. The molecule has 0 unspecified atom stereocenters. The Morgan fingerprint density at radius 2 is 2.00 bits per heavy atom. The third-order valence-electron chi connectivity index (χ3n) is 3.69. The number of H-pyrrole nitrogens is 1. The number of ether oxygens (including phenoxy) is 1. The number of anilines is 1. The van der Waals surface area contributed by atoms with E-state index in [1.807, 2.05) is 32.0 Å². The van der Waals surface area contributed by atoms with Crippen molar-refractivity contribution in [1.82, 2.24) is 9.97 Å². The highest BCUT2D eigenvalue weighted by Gasteiger charge is 2.19. The average Bonchev–Trinajstić information content (AvgIpc) is 2.56. The van der Waals surface area contributed by atoms with Crippen LogP contribution in [-0.4, -0.2) is 34.7 Å². The largest absolute Gasteiger partial charge is 0.465 e. The van der Waals surface area contributed by atoms with Gasteiger partial charge in [0.15, 0.2) is 0 Å². The molecule has 2 rings (SSSR count). The van der Waals surface area contributed by atoms with Gasteiger partial charge in [0, 0.05) is 11.4 Å². The lowest BCUT2D eigenvalue weighted by Crippen LogP contribution is -2.20. The second-order valence-corrected chi connectivity index (χ2v) is 6.39. The minimum Gasteiger partial charge on any atom is -0.465 e. The number of aryl methyl sites for hydroxylation is 2. The Kier molecular flexibility index (Phi) is 5.97. The smallest absolute Gasteiger partial charge is 0.346 e. The van der Waals surface area contributed by atoms with Gasteiger partial charge in [-0.2, -0.15) is 4.98 Å². The van der Waals surface area contributed by atoms with E-state index in [4.69, 9.17) is 4.74 Å². The molecule has 2 aromatic rings. The van der Waals surface area contributed by atoms with Gasteiger partial charge in [0.25, 0.3) is 0 Å². The summed E-state index contributed by atoms with van der Waals surface area (Å²) in [6, 6.07) is 5.65. The molecule has 0 aliphatic rings. The van der Waals surface area contributed by atoms with E-state index < -0.39 is 11.7 Å². The van der Waals surface area contributed by atoms with E-state index in [9.17, 15) is 14.4 Å². The summed E-state index contributed by atoms with van der Waals surface area (Å²) in [4.78, 5) is 41.9. The monoisotopic (exact) mass is 361 g/mol. The summed E-state index contributed by atoms with van der Waals surface area (Å²) in [6.07, 6.45) is 0. The second-order valence-electron chi connectivity index (χ2n) is 5.42. The molecule has 8 heteroatoms. The summed E-state index contributed by atoms with van der Waals surface area (Å²) in [6.45, 7) is 5.47. The fourth-order valence-corrected chi connectivity index (χ4v) is 3.08. The first-order valence-corrected chi connectivity index (χ1v) is 8.50. The number of nitrogens with zero attached hydrogens (tertiary/aromatic N) is 1. The Morgan fingerprint density at radius 1 is 1.28 bits per heavy atom. The van der Waals surface area contributed by atoms with Crippen LogP contribution in [0.3, 0.4) is 0 Å². The van der Waals surface area contributed by atoms with Crippen LogP contribution in [0.4, 0.5) is 5.69 Å². The predicted octanol–water partition coefficient (Wildman–Crippen LogP) is 2.21. The van der Waals surface area contributed by atoms with Crippen molar-refractivity contribution in [3.05, 3.63) is 51.1 Å². The van der Waals surface area contributed by atoms with Crippen LogP contribution < -0.4 is 11.0 Å². The molecule has 25 heavy (non-hydrogen) atoms. The molecule has 0 aliphatic carbocycles. The molecule has 2 N–H and O–H groups in total. The minimum absolute atomic E-state index is 0.00721. The average molecular weight is 361 g/mol. The van der Waals surface area contributed by atoms with Gasteiger partial charge in [-0.3, -0.25) is 4.79 Å². The number of nitrogens with one attached hydrogen (secondary N) is 2. The molecule has 0 saturated carbocycles. The van der Waals surface area contributed by atoms with Crippen molar-refractivity contribution in [2.24, 2.45) is 0 Å². The van der Waals surface area contributed by atoms with Gasteiger partial charge in [0.1, 0.15) is 10.6 Å². The van der Waals surface area contributed by atoms with Crippen molar-refractivity contribution in [2.75, 3.05) is 18.2 Å². The first kappa shape index (κ1) is 18.7. The number of carbonyl (C=O) groups is 2. The van der Waals surface area contributed by atoms with Gasteiger partial charge in [-0.05, 0) is 38.0 Å². The number of amides is 1. The number of benzene rings is 1. The second kappa shape index (κ2) is 7.98. The summed E-state index contributed by atoms with van der Waals surface area (Å²) in [5, 5.41) is 2.99. The number of rotatable bonds is 5. The molecular formula is C17H19N3O4S. The standard InChI is InChI=1S/C17H19N3O4S/c1-9-6-5-7-12(10(9)2)19-13(21)8-25-15-14(16(22)24-4)11(3)18-17(23)20-15/h5-7H,8H2,1-4H3,(H,19,21)(H,18,20,23). The molecule has 7 nitrogen and oxygen atoms in total. The Bertz CT molecular complexity index is 877. The molecule has 1 aromatic heterocycles. The third-order valence-corrected chi connectivity index (χ3v) is 4.67. The summed E-state index contributed by atoms with van der Waals surface area (Å²) in [7, 11) is 1.24. The molecular weight excluding hydrogens is 342 g/mol. The number of aromatic amines is 1. The van der Waals surface area contributed by atoms with Crippen LogP contribution in [-0.2, 0) is 9.53 Å². The third kappa shape index (κ3) is 4.48. The summed E-state index contributed by atoms with van der Waals surface area (Å²) in [5.74, 6) is -0.860. The Morgan fingerprint density at radius 3 is 2.68 bits per heavy atom. The number of aromatic nitrogens is 2. The van der Waals surface area contributed by atoms with Crippen LogP contribution in [0, 0.1) is 20.8 Å². The quantitative estimate of drug-likeness (QED) is 0.481. The molecule has 1 heterocycles. The van der Waals surface area contributed by atoms with Crippen LogP contribution in [0.1, 0.15) is 27.2 Å². The lowest BCUT2D eigenvalue weighted by molar-refractivity contribution is -0.113. The first-order valence-electron chi connectivity index (χ1n) is 7.51. The Labute approximate surface area is 149 Å². The van der Waals surface area contributed by atoms with Gasteiger partial charge >= 0.3 is 11.7 Å². The van der Waals surface area contributed by atoms with Crippen LogP contribution in [0.15, 0.2) is 28.0 Å². The maximum absolute atomic E-state index is 12.2. The summed E-state index contributed by atoms with van der Waals surface area (Å²) >= 11 is 1.01. The molecule has 0 aliphatic heterocycles. The summed E-state index contributed by atoms with van der Waals surface area (Å²) < 4.78 is 4.71. The van der Waals surface area contributed by atoms with Gasteiger partial charge in [-0.25, -0.2) is 9.59 Å². The van der Waals surface area contributed by atoms with E-state index in [-0.39, 0.29) is 22.2 Å². The molecule has 0 atom stereocenters. The number of thioether (sulfide) groups is 1. The molecule has 1 amide bonds. The van der Waals surface area contributed by atoms with Crippen molar-refractivity contribution in [3.63, 3.8) is 0 Å². The van der Waals surface area contributed by atoms with Crippen LogP contribution >= 0.6 is 11.8 Å². The first-order chi connectivity index (χ1) is 11.8. The molecule has 0 fully saturated rings. The van der Waals surface area contributed by atoms with Crippen molar-refractivity contribution < 1.29 is 14.3 Å². The van der Waals surface area contributed by atoms with Crippen molar-refractivity contribution in [3.8, 4) is 0 Å². The van der Waals surface area contributed by atoms with Gasteiger partial charge in [0.2, 0.25) is 5.91 Å². The minimum atomic E-state index is -0.612. The predicted molar refractivity (Wildman–Crippen MR) is 96.2 cm³/mol. The number of esters is 1. The van der Waals surface area contributed by atoms with Gasteiger partial charge < -0.3 is 15.0 Å². The van der Waals surface area contributed by atoms with Gasteiger partial charge in [0.05, 0.1) is 12.9 Å². The lowest BCUT2D eigenvalue weighted by atomic mass is 10.1. The zero-order valence-corrected chi connectivity index (χ0v) is 15.2. The zero-order chi connectivity index (χ0) is 18.6. The van der Waals surface area contributed by atoms with Gasteiger partial charge in [-0.1, -0.05) is 23.9 Å². The highest BCUT2D eigenvalue weighted by molar-refractivity contribution is 8.00. The molecule has 0 radical (unpaired) electrons. The zero-order valence-electron chi connectivity index (χ0n) is 14.4. The number of carbonyl (C=O) groups excluding carboxylic acids is 2. The number of methoxy groups -OCH3 is 1. The van der Waals surface area contributed by atoms with E-state index in [0.29, 0.717) is 5.69 Å². The normalized spacial score (nSPS) is 10.4. The van der Waals surface area contributed by atoms with Crippen molar-refractivity contribution >= 4 is 29.3 Å². The fraction of sp³-hybridized carbons (Fsp3) is 0.294.